The highest BCUT2D eigenvalue weighted by Crippen LogP contribution is 2.44. The molecule has 0 saturated carbocycles. The minimum atomic E-state index is -1.52. The largest absolute Gasteiger partial charge is 0.489 e. The van der Waals surface area contributed by atoms with Crippen molar-refractivity contribution in [2.45, 2.75) is 25.7 Å². The molecule has 306 valence electrons. The molecule has 2 aliphatic rings. The average Bonchev–Trinajstić information content (AvgIpc) is 3.36. The third-order valence-electron chi connectivity index (χ3n) is 13.3. The quantitative estimate of drug-likeness (QED) is 0.134. The Morgan fingerprint density at radius 1 is 0.312 bits per heavy atom. The van der Waals surface area contributed by atoms with Crippen molar-refractivity contribution in [3.05, 3.63) is 233 Å². The molecule has 0 aromatic heterocycles. The van der Waals surface area contributed by atoms with Crippen molar-refractivity contribution in [2.24, 2.45) is 0 Å². The normalized spacial score (nSPS) is 14.0. The van der Waals surface area contributed by atoms with Crippen molar-refractivity contribution < 1.29 is 10.0 Å². The Labute approximate surface area is 382 Å². The van der Waals surface area contributed by atoms with E-state index in [2.05, 4.69) is 186 Å². The highest BCUT2D eigenvalue weighted by molar-refractivity contribution is 9.10. The first-order valence-electron chi connectivity index (χ1n) is 22.2. The second-order valence-corrected chi connectivity index (χ2v) is 17.6. The number of fused-ring (bicyclic) bond motifs is 6. The Morgan fingerprint density at radius 2 is 0.609 bits per heavy atom. The summed E-state index contributed by atoms with van der Waals surface area (Å²) in [6, 6.07) is 64.0. The highest BCUT2D eigenvalue weighted by atomic mass is 79.9. The third-order valence-corrected chi connectivity index (χ3v) is 14.2. The molecule has 12 rings (SSSR count). The summed E-state index contributed by atoms with van der Waals surface area (Å²) in [4.78, 5) is 0. The second kappa shape index (κ2) is 17.0. The topological polar surface area (TPSA) is 40.5 Å². The Balaban J connectivity index is 0.000000143. The minimum Gasteiger partial charge on any atom is -0.423 e. The predicted octanol–water partition coefficient (Wildman–Crippen LogP) is 15.3. The first-order valence-corrected chi connectivity index (χ1v) is 23.0. The number of benzene rings is 10. The number of halogens is 1. The van der Waals surface area contributed by atoms with Crippen LogP contribution in [0.5, 0.6) is 0 Å². The monoisotopic (exact) mass is 886 g/mol. The van der Waals surface area contributed by atoms with Gasteiger partial charge >= 0.3 is 7.12 Å². The molecule has 2 aliphatic carbocycles. The van der Waals surface area contributed by atoms with E-state index in [1.807, 2.05) is 36.4 Å². The predicted molar refractivity (Wildman–Crippen MR) is 279 cm³/mol. The summed E-state index contributed by atoms with van der Waals surface area (Å²) in [6.07, 6.45) is 13.2. The van der Waals surface area contributed by atoms with E-state index >= 15 is 0 Å². The smallest absolute Gasteiger partial charge is 0.423 e. The maximum atomic E-state index is 10.2. The van der Waals surface area contributed by atoms with Crippen LogP contribution < -0.4 is 5.46 Å². The molecule has 0 fully saturated rings. The van der Waals surface area contributed by atoms with Crippen molar-refractivity contribution in [3.63, 3.8) is 0 Å². The summed E-state index contributed by atoms with van der Waals surface area (Å²) >= 11 is 3.87. The van der Waals surface area contributed by atoms with Crippen LogP contribution in [0.4, 0.5) is 0 Å². The summed E-state index contributed by atoms with van der Waals surface area (Å²) in [7, 11) is -1.52. The summed E-state index contributed by atoms with van der Waals surface area (Å²) in [5.41, 5.74) is 11.3. The SMILES string of the molecule is Brc1c2ccccc2c(C2=CC=C(c3cccc4ccccc34)CC2)c2ccccc12.OB(O)c1c2ccccc2c(C2=CC=C(c3cccc4ccccc34)CC2)c2ccccc12. The van der Waals surface area contributed by atoms with Gasteiger partial charge in [-0.2, -0.15) is 0 Å². The molecule has 0 spiro atoms. The maximum Gasteiger partial charge on any atom is 0.489 e. The van der Waals surface area contributed by atoms with E-state index in [1.165, 1.54) is 92.1 Å². The van der Waals surface area contributed by atoms with E-state index in [-0.39, 0.29) is 0 Å². The van der Waals surface area contributed by atoms with E-state index < -0.39 is 7.12 Å². The second-order valence-electron chi connectivity index (χ2n) is 16.9. The lowest BCUT2D eigenvalue weighted by atomic mass is 9.72. The van der Waals surface area contributed by atoms with Gasteiger partial charge in [0.15, 0.2) is 0 Å². The van der Waals surface area contributed by atoms with E-state index in [4.69, 9.17) is 0 Å². The van der Waals surface area contributed by atoms with Gasteiger partial charge in [0, 0.05) is 4.47 Å². The number of rotatable bonds is 5. The van der Waals surface area contributed by atoms with Crippen LogP contribution in [0.3, 0.4) is 0 Å². The van der Waals surface area contributed by atoms with Crippen LogP contribution >= 0.6 is 15.9 Å². The molecule has 0 atom stereocenters. The molecule has 4 heteroatoms. The molecule has 0 radical (unpaired) electrons. The molecule has 0 amide bonds. The molecular weight excluding hydrogens is 843 g/mol. The van der Waals surface area contributed by atoms with Gasteiger partial charge in [0.25, 0.3) is 0 Å². The third kappa shape index (κ3) is 7.09. The lowest BCUT2D eigenvalue weighted by molar-refractivity contribution is 0.426. The minimum absolute atomic E-state index is 0.577. The van der Waals surface area contributed by atoms with Gasteiger partial charge in [0.05, 0.1) is 0 Å². The fraction of sp³-hybridized carbons (Fsp3) is 0.0667. The Kier molecular flexibility index (Phi) is 10.7. The molecule has 2 nitrogen and oxygen atoms in total. The van der Waals surface area contributed by atoms with Gasteiger partial charge in [-0.15, -0.1) is 0 Å². The van der Waals surface area contributed by atoms with Crippen LogP contribution in [-0.2, 0) is 0 Å². The lowest BCUT2D eigenvalue weighted by Crippen LogP contribution is -2.31. The zero-order valence-corrected chi connectivity index (χ0v) is 36.9. The molecule has 64 heavy (non-hydrogen) atoms. The van der Waals surface area contributed by atoms with Crippen molar-refractivity contribution in [2.75, 3.05) is 0 Å². The molecule has 2 N–H and O–H groups in total. The Bertz CT molecular complexity index is 3490. The zero-order valence-electron chi connectivity index (χ0n) is 35.3. The first-order chi connectivity index (χ1) is 31.5. The Morgan fingerprint density at radius 3 is 0.984 bits per heavy atom. The van der Waals surface area contributed by atoms with E-state index in [9.17, 15) is 10.0 Å². The molecule has 10 aromatic rings. The van der Waals surface area contributed by atoms with Gasteiger partial charge in [-0.25, -0.2) is 0 Å². The van der Waals surface area contributed by atoms with Crippen LogP contribution in [-0.4, -0.2) is 17.2 Å². The van der Waals surface area contributed by atoms with E-state index in [0.29, 0.717) is 5.46 Å². The van der Waals surface area contributed by atoms with Crippen LogP contribution in [0.1, 0.15) is 47.9 Å². The molecule has 0 heterocycles. The van der Waals surface area contributed by atoms with Gasteiger partial charge in [-0.1, -0.05) is 206 Å². The van der Waals surface area contributed by atoms with Crippen LogP contribution in [0, 0.1) is 0 Å². The summed E-state index contributed by atoms with van der Waals surface area (Å²) < 4.78 is 1.19. The van der Waals surface area contributed by atoms with Gasteiger partial charge < -0.3 is 10.0 Å². The van der Waals surface area contributed by atoms with Crippen molar-refractivity contribution >= 4 is 115 Å². The fourth-order valence-corrected chi connectivity index (χ4v) is 11.0. The highest BCUT2D eigenvalue weighted by Gasteiger charge is 2.24. The number of allylic oxidation sites excluding steroid dienone is 8. The molecule has 10 aromatic carbocycles. The fourth-order valence-electron chi connectivity index (χ4n) is 10.4. The van der Waals surface area contributed by atoms with Crippen molar-refractivity contribution in [1.29, 1.82) is 0 Å². The molecule has 0 saturated heterocycles. The lowest BCUT2D eigenvalue weighted by Gasteiger charge is -2.21. The molecule has 0 unspecified atom stereocenters. The first kappa shape index (κ1) is 40.0. The van der Waals surface area contributed by atoms with Crippen LogP contribution in [0.25, 0.3) is 86.9 Å². The maximum absolute atomic E-state index is 10.2. The standard InChI is InChI=1S/C30H23BO2.C30H21Br/c32-31(33)30-27-13-5-3-11-25(27)29(26-12-4-6-14-28(26)30)22-18-16-21(17-19-22)24-15-7-9-20-8-1-2-10-23(20)24;31-30-27-13-5-3-11-25(27)29(26-12-4-6-14-28(26)30)22-18-16-21(17-19-22)24-15-7-9-20-8-1-2-10-23(20)24/h1-16,18,32-33H,17,19H2;1-16,18H,17,19H2. The van der Waals surface area contributed by atoms with E-state index in [1.54, 1.807) is 0 Å². The number of hydrogen-bond donors (Lipinski definition) is 2. The Hall–Kier alpha value is -6.82. The van der Waals surface area contributed by atoms with Crippen LogP contribution in [0.15, 0.2) is 211 Å². The number of hydrogen-bond acceptors (Lipinski definition) is 2. The summed E-state index contributed by atoms with van der Waals surface area (Å²) in [6.45, 7) is 0. The van der Waals surface area contributed by atoms with Gasteiger partial charge in [0.2, 0.25) is 0 Å². The van der Waals surface area contributed by atoms with Gasteiger partial charge in [0.1, 0.15) is 0 Å². The molecular formula is C60H44BBrO2. The summed E-state index contributed by atoms with van der Waals surface area (Å²) in [5, 5.41) is 34.7. The molecule has 0 aliphatic heterocycles. The van der Waals surface area contributed by atoms with Crippen molar-refractivity contribution in [1.82, 2.24) is 0 Å². The van der Waals surface area contributed by atoms with Gasteiger partial charge in [-0.3, -0.25) is 0 Å². The average molecular weight is 888 g/mol. The van der Waals surface area contributed by atoms with Gasteiger partial charge in [-0.05, 0) is 156 Å². The van der Waals surface area contributed by atoms with E-state index in [0.717, 1.165) is 47.2 Å². The zero-order chi connectivity index (χ0) is 43.1. The summed E-state index contributed by atoms with van der Waals surface area (Å²) in [5.74, 6) is 0. The van der Waals surface area contributed by atoms with Crippen molar-refractivity contribution in [3.8, 4) is 0 Å². The molecule has 0 bridgehead atoms. The van der Waals surface area contributed by atoms with Crippen LogP contribution in [0.2, 0.25) is 0 Å².